The van der Waals surface area contributed by atoms with Crippen molar-refractivity contribution in [1.82, 2.24) is 5.32 Å². The second-order valence-electron chi connectivity index (χ2n) is 24.5. The van der Waals surface area contributed by atoms with Crippen LogP contribution in [0.4, 0.5) is 0 Å². The third kappa shape index (κ3) is 62.2. The molecule has 456 valence electrons. The normalized spacial score (nSPS) is 13.9. The first-order valence-electron chi connectivity index (χ1n) is 33.9. The standard InChI is InChI=1S/C68H133N2O6P/c1-6-8-10-12-14-16-18-20-22-24-26-28-30-32-33-34-35-36-38-40-42-44-46-48-50-52-54-56-58-60-62-68(72)69-66(65-76-77(73,74)75-64-63-70(3,4)5)67(71)61-59-57-55-53-51-49-47-45-43-41-39-37-31-29-27-25-23-21-19-17-15-13-11-9-7-2/h43,45,51,53,59,61,66-67,71H,6-42,44,46-50,52,54-58,60,62-65H2,1-5H3,(H-,69,72,73,74)/b45-43+,53-51+,61-59+. The number of hydrogen-bond acceptors (Lipinski definition) is 6. The second-order valence-corrected chi connectivity index (χ2v) is 25.9. The lowest BCUT2D eigenvalue weighted by atomic mass is 10.0. The molecular weight excluding hydrogens is 972 g/mol. The molecule has 9 heteroatoms. The zero-order valence-corrected chi connectivity index (χ0v) is 53.1. The number of aliphatic hydroxyl groups is 1. The largest absolute Gasteiger partial charge is 0.756 e. The van der Waals surface area contributed by atoms with Gasteiger partial charge in [0.1, 0.15) is 13.2 Å². The second kappa shape index (κ2) is 59.3. The third-order valence-corrected chi connectivity index (χ3v) is 16.5. The van der Waals surface area contributed by atoms with E-state index in [0.29, 0.717) is 17.4 Å². The quantitative estimate of drug-likeness (QED) is 0.0272. The number of nitrogens with zero attached hydrogens (tertiary/aromatic N) is 1. The van der Waals surface area contributed by atoms with E-state index in [-0.39, 0.29) is 12.5 Å². The molecule has 0 aliphatic rings. The average molecular weight is 1110 g/mol. The van der Waals surface area contributed by atoms with Crippen LogP contribution >= 0.6 is 7.82 Å². The fourth-order valence-electron chi connectivity index (χ4n) is 10.3. The molecule has 0 rings (SSSR count). The number of rotatable bonds is 63. The minimum atomic E-state index is -4.61. The van der Waals surface area contributed by atoms with Crippen LogP contribution in [0.3, 0.4) is 0 Å². The van der Waals surface area contributed by atoms with Gasteiger partial charge in [0, 0.05) is 6.42 Å². The van der Waals surface area contributed by atoms with Gasteiger partial charge in [-0.3, -0.25) is 9.36 Å². The van der Waals surface area contributed by atoms with Gasteiger partial charge in [-0.05, 0) is 44.9 Å². The Kier molecular flexibility index (Phi) is 58.4. The van der Waals surface area contributed by atoms with E-state index in [1.807, 2.05) is 27.2 Å². The highest BCUT2D eigenvalue weighted by atomic mass is 31.2. The Bertz CT molecular complexity index is 1350. The minimum Gasteiger partial charge on any atom is -0.756 e. The molecule has 0 saturated carbocycles. The van der Waals surface area contributed by atoms with Gasteiger partial charge in [-0.15, -0.1) is 0 Å². The van der Waals surface area contributed by atoms with Crippen LogP contribution in [0.5, 0.6) is 0 Å². The van der Waals surface area contributed by atoms with Gasteiger partial charge in [0.15, 0.2) is 0 Å². The Balaban J connectivity index is 4.11. The summed E-state index contributed by atoms with van der Waals surface area (Å²) in [6.07, 6.45) is 78.4. The average Bonchev–Trinajstić information content (AvgIpc) is 3.39. The van der Waals surface area contributed by atoms with Crippen molar-refractivity contribution in [3.63, 3.8) is 0 Å². The number of phosphoric acid groups is 1. The lowest BCUT2D eigenvalue weighted by Gasteiger charge is -2.29. The van der Waals surface area contributed by atoms with Crippen LogP contribution in [0.2, 0.25) is 0 Å². The molecule has 8 nitrogen and oxygen atoms in total. The molecule has 0 heterocycles. The summed E-state index contributed by atoms with van der Waals surface area (Å²) in [4.78, 5) is 25.6. The first-order valence-corrected chi connectivity index (χ1v) is 35.3. The molecule has 0 aromatic carbocycles. The molecule has 0 aromatic rings. The van der Waals surface area contributed by atoms with E-state index in [9.17, 15) is 19.4 Å². The molecule has 3 atom stereocenters. The van der Waals surface area contributed by atoms with Crippen molar-refractivity contribution < 1.29 is 32.9 Å². The van der Waals surface area contributed by atoms with Gasteiger partial charge in [-0.25, -0.2) is 0 Å². The van der Waals surface area contributed by atoms with E-state index < -0.39 is 26.6 Å². The number of allylic oxidation sites excluding steroid dienone is 5. The number of quaternary nitrogens is 1. The number of nitrogens with one attached hydrogen (secondary N) is 1. The van der Waals surface area contributed by atoms with Crippen LogP contribution in [-0.2, 0) is 18.4 Å². The van der Waals surface area contributed by atoms with Gasteiger partial charge in [0.05, 0.1) is 39.9 Å². The minimum absolute atomic E-state index is 0.00713. The van der Waals surface area contributed by atoms with Gasteiger partial charge in [0.2, 0.25) is 5.91 Å². The third-order valence-electron chi connectivity index (χ3n) is 15.6. The molecule has 0 spiro atoms. The van der Waals surface area contributed by atoms with Gasteiger partial charge >= 0.3 is 0 Å². The first kappa shape index (κ1) is 75.7. The molecule has 77 heavy (non-hydrogen) atoms. The maximum Gasteiger partial charge on any atom is 0.268 e. The molecule has 0 aliphatic carbocycles. The van der Waals surface area contributed by atoms with E-state index in [1.165, 1.54) is 276 Å². The number of carbonyl (C=O) groups is 1. The zero-order chi connectivity index (χ0) is 56.3. The molecule has 3 unspecified atom stereocenters. The van der Waals surface area contributed by atoms with E-state index >= 15 is 0 Å². The molecular formula is C68H133N2O6P. The Labute approximate surface area is 480 Å². The smallest absolute Gasteiger partial charge is 0.268 e. The van der Waals surface area contributed by atoms with Crippen molar-refractivity contribution in [3.05, 3.63) is 36.5 Å². The van der Waals surface area contributed by atoms with Crippen LogP contribution < -0.4 is 10.2 Å². The highest BCUT2D eigenvalue weighted by Gasteiger charge is 2.23. The highest BCUT2D eigenvalue weighted by molar-refractivity contribution is 7.45. The number of likely N-dealkylation sites (N-methyl/N-ethyl adjacent to an activating group) is 1. The lowest BCUT2D eigenvalue weighted by molar-refractivity contribution is -0.870. The van der Waals surface area contributed by atoms with E-state index in [4.69, 9.17) is 9.05 Å². The van der Waals surface area contributed by atoms with Gasteiger partial charge in [-0.2, -0.15) is 0 Å². The summed E-state index contributed by atoms with van der Waals surface area (Å²) < 4.78 is 23.4. The Morgan fingerprint density at radius 2 is 0.727 bits per heavy atom. The van der Waals surface area contributed by atoms with Crippen molar-refractivity contribution >= 4 is 13.7 Å². The fraction of sp³-hybridized carbons (Fsp3) is 0.897. The number of hydrogen-bond donors (Lipinski definition) is 2. The molecule has 2 N–H and O–H groups in total. The van der Waals surface area contributed by atoms with Crippen LogP contribution in [-0.4, -0.2) is 68.5 Å². The predicted molar refractivity (Wildman–Crippen MR) is 335 cm³/mol. The zero-order valence-electron chi connectivity index (χ0n) is 52.2. The maximum atomic E-state index is 13.0. The number of carbonyl (C=O) groups excluding carboxylic acids is 1. The first-order chi connectivity index (χ1) is 37.5. The molecule has 1 amide bonds. The summed E-state index contributed by atoms with van der Waals surface area (Å²) in [6.45, 7) is 4.68. The topological polar surface area (TPSA) is 108 Å². The monoisotopic (exact) mass is 1100 g/mol. The van der Waals surface area contributed by atoms with Crippen molar-refractivity contribution in [3.8, 4) is 0 Å². The Morgan fingerprint density at radius 3 is 1.05 bits per heavy atom. The number of amides is 1. The molecule has 0 saturated heterocycles. The summed E-state index contributed by atoms with van der Waals surface area (Å²) in [5, 5.41) is 13.9. The molecule has 0 bridgehead atoms. The fourth-order valence-corrected chi connectivity index (χ4v) is 11.0. The predicted octanol–water partition coefficient (Wildman–Crippen LogP) is 20.6. The van der Waals surface area contributed by atoms with E-state index in [2.05, 4.69) is 43.5 Å². The Hall–Kier alpha value is -1.28. The molecule has 0 aromatic heterocycles. The van der Waals surface area contributed by atoms with Crippen LogP contribution in [0, 0.1) is 0 Å². The van der Waals surface area contributed by atoms with Gasteiger partial charge < -0.3 is 28.8 Å². The van der Waals surface area contributed by atoms with Crippen molar-refractivity contribution in [1.29, 1.82) is 0 Å². The Morgan fingerprint density at radius 1 is 0.442 bits per heavy atom. The summed E-state index contributed by atoms with van der Waals surface area (Å²) in [7, 11) is 1.25. The molecule has 0 aliphatic heterocycles. The maximum absolute atomic E-state index is 13.0. The van der Waals surface area contributed by atoms with E-state index in [1.54, 1.807) is 6.08 Å². The van der Waals surface area contributed by atoms with Crippen molar-refractivity contribution in [2.24, 2.45) is 0 Å². The molecule has 0 fully saturated rings. The summed E-state index contributed by atoms with van der Waals surface area (Å²) in [5.41, 5.74) is 0. The van der Waals surface area contributed by atoms with E-state index in [0.717, 1.165) is 44.9 Å². The summed E-state index contributed by atoms with van der Waals surface area (Å²) >= 11 is 0. The van der Waals surface area contributed by atoms with Gasteiger partial charge in [0.25, 0.3) is 7.82 Å². The van der Waals surface area contributed by atoms with Crippen molar-refractivity contribution in [2.75, 3.05) is 40.9 Å². The van der Waals surface area contributed by atoms with Crippen LogP contribution in [0.15, 0.2) is 36.5 Å². The highest BCUT2D eigenvalue weighted by Crippen LogP contribution is 2.38. The number of unbranched alkanes of at least 4 members (excludes halogenated alkanes) is 46. The summed E-state index contributed by atoms with van der Waals surface area (Å²) in [6, 6.07) is -0.909. The summed E-state index contributed by atoms with van der Waals surface area (Å²) in [5.74, 6) is -0.204. The number of aliphatic hydroxyl groups excluding tert-OH is 1. The SMILES string of the molecule is CCCCCCCCCCCCCCCCC/C=C/CC/C=C/CC/C=C/C(O)C(COP(=O)([O-])OCC[N+](C)(C)C)NC(=O)CCCCCCCCCCCCCCCCCCCCCCCCCCCCCCCC. The lowest BCUT2D eigenvalue weighted by Crippen LogP contribution is -2.45. The van der Waals surface area contributed by atoms with Crippen LogP contribution in [0.25, 0.3) is 0 Å². The van der Waals surface area contributed by atoms with Crippen molar-refractivity contribution in [2.45, 2.75) is 353 Å². The van der Waals surface area contributed by atoms with Crippen LogP contribution in [0.1, 0.15) is 341 Å². The number of phosphoric ester groups is 1. The van der Waals surface area contributed by atoms with Gasteiger partial charge in [-0.1, -0.05) is 326 Å². The molecule has 0 radical (unpaired) electrons.